The van der Waals surface area contributed by atoms with Crippen LogP contribution in [0.5, 0.6) is 0 Å². The Kier molecular flexibility index (Phi) is 6.04. The van der Waals surface area contributed by atoms with Crippen molar-refractivity contribution in [3.8, 4) is 0 Å². The fourth-order valence-corrected chi connectivity index (χ4v) is 1.57. The minimum atomic E-state index is -0.105. The highest BCUT2D eigenvalue weighted by Gasteiger charge is 2.15. The van der Waals surface area contributed by atoms with Crippen molar-refractivity contribution in [1.82, 2.24) is 9.88 Å². The minimum Gasteiger partial charge on any atom is -0.394 e. The van der Waals surface area contributed by atoms with Crippen LogP contribution in [0, 0.1) is 0 Å². The van der Waals surface area contributed by atoms with Crippen LogP contribution >= 0.6 is 11.6 Å². The van der Waals surface area contributed by atoms with E-state index in [9.17, 15) is 4.79 Å². The lowest BCUT2D eigenvalue weighted by molar-refractivity contribution is 0.0575. The summed E-state index contributed by atoms with van der Waals surface area (Å²) in [5, 5.41) is 9.07. The van der Waals surface area contributed by atoms with Gasteiger partial charge in [0, 0.05) is 19.3 Å². The second kappa shape index (κ2) is 7.32. The molecule has 1 amide bonds. The SMILES string of the molecule is CCN(CCOCCO)C(=O)c1cc(Cl)c[nH]1. The first kappa shape index (κ1) is 14.0. The molecule has 0 saturated heterocycles. The summed E-state index contributed by atoms with van der Waals surface area (Å²) >= 11 is 5.74. The number of aromatic nitrogens is 1. The largest absolute Gasteiger partial charge is 0.394 e. The van der Waals surface area contributed by atoms with E-state index >= 15 is 0 Å². The van der Waals surface area contributed by atoms with Crippen LogP contribution in [0.15, 0.2) is 12.3 Å². The van der Waals surface area contributed by atoms with Crippen LogP contribution in [0.25, 0.3) is 0 Å². The van der Waals surface area contributed by atoms with Crippen molar-refractivity contribution in [2.45, 2.75) is 6.92 Å². The zero-order valence-corrected chi connectivity index (χ0v) is 10.5. The van der Waals surface area contributed by atoms with E-state index in [1.807, 2.05) is 6.92 Å². The number of aliphatic hydroxyl groups is 1. The molecule has 0 fully saturated rings. The highest BCUT2D eigenvalue weighted by Crippen LogP contribution is 2.11. The summed E-state index contributed by atoms with van der Waals surface area (Å²) in [6.07, 6.45) is 1.57. The summed E-state index contributed by atoms with van der Waals surface area (Å²) in [5.74, 6) is -0.105. The lowest BCUT2D eigenvalue weighted by Gasteiger charge is -2.19. The number of aromatic amines is 1. The topological polar surface area (TPSA) is 65.6 Å². The molecule has 5 nitrogen and oxygen atoms in total. The Morgan fingerprint density at radius 1 is 1.59 bits per heavy atom. The Balaban J connectivity index is 2.46. The van der Waals surface area contributed by atoms with E-state index in [2.05, 4.69) is 4.98 Å². The molecule has 0 radical (unpaired) electrons. The number of likely N-dealkylation sites (N-methyl/N-ethyl adjacent to an activating group) is 1. The van der Waals surface area contributed by atoms with Gasteiger partial charge in [-0.25, -0.2) is 0 Å². The van der Waals surface area contributed by atoms with Crippen molar-refractivity contribution < 1.29 is 14.6 Å². The first-order valence-electron chi connectivity index (χ1n) is 5.50. The molecule has 1 aromatic rings. The molecule has 0 aliphatic rings. The van der Waals surface area contributed by atoms with Crippen LogP contribution in [0.2, 0.25) is 5.02 Å². The number of nitrogens with one attached hydrogen (secondary N) is 1. The molecule has 0 aliphatic carbocycles. The summed E-state index contributed by atoms with van der Waals surface area (Å²) in [7, 11) is 0. The molecule has 0 aliphatic heterocycles. The molecule has 2 N–H and O–H groups in total. The third kappa shape index (κ3) is 4.38. The second-order valence-electron chi connectivity index (χ2n) is 3.45. The van der Waals surface area contributed by atoms with Gasteiger partial charge in [-0.2, -0.15) is 0 Å². The summed E-state index contributed by atoms with van der Waals surface area (Å²) < 4.78 is 5.13. The van der Waals surface area contributed by atoms with Crippen LogP contribution in [-0.4, -0.2) is 53.8 Å². The Labute approximate surface area is 105 Å². The highest BCUT2D eigenvalue weighted by molar-refractivity contribution is 6.30. The zero-order chi connectivity index (χ0) is 12.7. The van der Waals surface area contributed by atoms with Gasteiger partial charge in [0.15, 0.2) is 0 Å². The molecule has 0 aromatic carbocycles. The molecule has 1 heterocycles. The van der Waals surface area contributed by atoms with Gasteiger partial charge < -0.3 is 19.7 Å². The van der Waals surface area contributed by atoms with E-state index in [0.717, 1.165) is 0 Å². The fraction of sp³-hybridized carbons (Fsp3) is 0.545. The quantitative estimate of drug-likeness (QED) is 0.723. The van der Waals surface area contributed by atoms with Gasteiger partial charge in [-0.05, 0) is 13.0 Å². The van der Waals surface area contributed by atoms with Crippen molar-refractivity contribution in [3.63, 3.8) is 0 Å². The lowest BCUT2D eigenvalue weighted by atomic mass is 10.3. The number of hydrogen-bond acceptors (Lipinski definition) is 3. The van der Waals surface area contributed by atoms with Crippen molar-refractivity contribution in [1.29, 1.82) is 0 Å². The monoisotopic (exact) mass is 260 g/mol. The first-order valence-corrected chi connectivity index (χ1v) is 5.88. The molecule has 0 saturated carbocycles. The summed E-state index contributed by atoms with van der Waals surface area (Å²) in [6.45, 7) is 3.68. The predicted molar refractivity (Wildman–Crippen MR) is 65.3 cm³/mol. The number of aliphatic hydroxyl groups excluding tert-OH is 1. The number of ether oxygens (including phenoxy) is 1. The number of halogens is 1. The van der Waals surface area contributed by atoms with Gasteiger partial charge in [0.2, 0.25) is 0 Å². The molecule has 96 valence electrons. The molecule has 17 heavy (non-hydrogen) atoms. The maximum atomic E-state index is 12.0. The summed E-state index contributed by atoms with van der Waals surface area (Å²) in [4.78, 5) is 16.5. The molecule has 0 spiro atoms. The summed E-state index contributed by atoms with van der Waals surface area (Å²) in [5.41, 5.74) is 0.471. The molecule has 1 aromatic heterocycles. The third-order valence-corrected chi connectivity index (χ3v) is 2.51. The zero-order valence-electron chi connectivity index (χ0n) is 9.78. The smallest absolute Gasteiger partial charge is 0.270 e. The van der Waals surface area contributed by atoms with Crippen molar-refractivity contribution in [2.24, 2.45) is 0 Å². The maximum Gasteiger partial charge on any atom is 0.270 e. The molecule has 0 unspecified atom stereocenters. The second-order valence-corrected chi connectivity index (χ2v) is 3.89. The number of amides is 1. The number of carbonyl (C=O) groups excluding carboxylic acids is 1. The van der Waals surface area contributed by atoms with E-state index in [1.54, 1.807) is 17.2 Å². The molecule has 6 heteroatoms. The number of rotatable bonds is 7. The van der Waals surface area contributed by atoms with Crippen molar-refractivity contribution in [3.05, 3.63) is 23.0 Å². The maximum absolute atomic E-state index is 12.0. The van der Waals surface area contributed by atoms with Gasteiger partial charge in [0.1, 0.15) is 5.69 Å². The van der Waals surface area contributed by atoms with Crippen LogP contribution in [0.1, 0.15) is 17.4 Å². The van der Waals surface area contributed by atoms with Crippen LogP contribution < -0.4 is 0 Å². The Morgan fingerprint density at radius 2 is 2.35 bits per heavy atom. The van der Waals surface area contributed by atoms with Gasteiger partial charge in [0.05, 0.1) is 24.8 Å². The van der Waals surface area contributed by atoms with E-state index in [0.29, 0.717) is 37.0 Å². The lowest BCUT2D eigenvalue weighted by Crippen LogP contribution is -2.34. The Morgan fingerprint density at radius 3 is 2.88 bits per heavy atom. The molecular formula is C11H17ClN2O3. The molecule has 0 atom stereocenters. The van der Waals surface area contributed by atoms with E-state index in [-0.39, 0.29) is 12.5 Å². The van der Waals surface area contributed by atoms with Gasteiger partial charge in [-0.3, -0.25) is 4.79 Å². The van der Waals surface area contributed by atoms with Gasteiger partial charge >= 0.3 is 0 Å². The average Bonchev–Trinajstić information content (AvgIpc) is 2.75. The average molecular weight is 261 g/mol. The Hall–Kier alpha value is -1.04. The van der Waals surface area contributed by atoms with Crippen molar-refractivity contribution >= 4 is 17.5 Å². The number of carbonyl (C=O) groups is 1. The molecular weight excluding hydrogens is 244 g/mol. The van der Waals surface area contributed by atoms with Crippen molar-refractivity contribution in [2.75, 3.05) is 32.9 Å². The predicted octanol–water partition coefficient (Wildman–Crippen LogP) is 1.14. The normalized spacial score (nSPS) is 10.5. The number of nitrogens with zero attached hydrogens (tertiary/aromatic N) is 1. The van der Waals surface area contributed by atoms with E-state index < -0.39 is 0 Å². The van der Waals surface area contributed by atoms with Crippen LogP contribution in [0.3, 0.4) is 0 Å². The first-order chi connectivity index (χ1) is 8.19. The number of hydrogen-bond donors (Lipinski definition) is 2. The van der Waals surface area contributed by atoms with E-state index in [4.69, 9.17) is 21.4 Å². The third-order valence-electron chi connectivity index (χ3n) is 2.29. The molecule has 0 bridgehead atoms. The van der Waals surface area contributed by atoms with E-state index in [1.165, 1.54) is 0 Å². The summed E-state index contributed by atoms with van der Waals surface area (Å²) in [6, 6.07) is 1.60. The van der Waals surface area contributed by atoms with Gasteiger partial charge in [-0.1, -0.05) is 11.6 Å². The van der Waals surface area contributed by atoms with Crippen LogP contribution in [0.4, 0.5) is 0 Å². The van der Waals surface area contributed by atoms with Gasteiger partial charge in [0.25, 0.3) is 5.91 Å². The minimum absolute atomic E-state index is 0.00763. The fourth-order valence-electron chi connectivity index (χ4n) is 1.41. The highest BCUT2D eigenvalue weighted by atomic mass is 35.5. The van der Waals surface area contributed by atoms with Crippen LogP contribution in [-0.2, 0) is 4.74 Å². The van der Waals surface area contributed by atoms with Gasteiger partial charge in [-0.15, -0.1) is 0 Å². The Bertz CT molecular complexity index is 354. The standard InChI is InChI=1S/C11H17ClN2O3/c1-2-14(3-5-17-6-4-15)11(16)10-7-9(12)8-13-10/h7-8,13,15H,2-6H2,1H3. The number of H-pyrrole nitrogens is 1. The molecule has 1 rings (SSSR count).